The number of hydrogen-bond acceptors (Lipinski definition) is 2. The Bertz CT molecular complexity index is 782. The number of hydrogen-bond donors (Lipinski definition) is 1. The van der Waals surface area contributed by atoms with Crippen molar-refractivity contribution in [1.29, 1.82) is 0 Å². The number of fused-ring (bicyclic) bond motifs is 1. The average molecular weight is 348 g/mol. The minimum atomic E-state index is -0.254. The van der Waals surface area contributed by atoms with Crippen LogP contribution in [0.15, 0.2) is 51.4 Å². The normalized spacial score (nSPS) is 11.0. The fraction of sp³-hybridized carbons (Fsp3) is 0.176. The van der Waals surface area contributed by atoms with E-state index < -0.39 is 0 Å². The molecule has 108 valence electrons. The quantitative estimate of drug-likeness (QED) is 0.673. The predicted molar refractivity (Wildman–Crippen MR) is 87.0 cm³/mol. The average Bonchev–Trinajstić information content (AvgIpc) is 2.84. The van der Waals surface area contributed by atoms with E-state index in [1.165, 1.54) is 12.1 Å². The highest BCUT2D eigenvalue weighted by atomic mass is 79.9. The minimum absolute atomic E-state index is 0.254. The lowest BCUT2D eigenvalue weighted by molar-refractivity contribution is 0.551. The third-order valence-corrected chi connectivity index (χ3v) is 4.15. The van der Waals surface area contributed by atoms with Crippen molar-refractivity contribution in [1.82, 2.24) is 0 Å². The molecular weight excluding hydrogens is 333 g/mol. The molecule has 1 heterocycles. The first-order valence-electron chi connectivity index (χ1n) is 6.87. The molecule has 0 unspecified atom stereocenters. The molecule has 0 aliphatic heterocycles. The molecule has 3 aromatic rings. The molecule has 0 radical (unpaired) electrons. The highest BCUT2D eigenvalue weighted by molar-refractivity contribution is 9.10. The van der Waals surface area contributed by atoms with Gasteiger partial charge in [0.05, 0.1) is 0 Å². The van der Waals surface area contributed by atoms with Gasteiger partial charge < -0.3 is 9.73 Å². The molecule has 2 nitrogen and oxygen atoms in total. The molecule has 0 aliphatic rings. The molecule has 2 aromatic carbocycles. The number of aryl methyl sites for hydroxylation is 1. The molecule has 0 saturated heterocycles. The monoisotopic (exact) mass is 347 g/mol. The van der Waals surface area contributed by atoms with Gasteiger partial charge in [0.25, 0.3) is 0 Å². The maximum absolute atomic E-state index is 13.1. The lowest BCUT2D eigenvalue weighted by Gasteiger charge is -2.09. The third kappa shape index (κ3) is 2.81. The van der Waals surface area contributed by atoms with Crippen LogP contribution < -0.4 is 5.32 Å². The molecule has 1 N–H and O–H groups in total. The summed E-state index contributed by atoms with van der Waals surface area (Å²) in [4.78, 5) is 0. The van der Waals surface area contributed by atoms with Gasteiger partial charge >= 0.3 is 0 Å². The van der Waals surface area contributed by atoms with E-state index in [-0.39, 0.29) is 5.82 Å². The van der Waals surface area contributed by atoms with Gasteiger partial charge in [-0.25, -0.2) is 4.39 Å². The Kier molecular flexibility index (Phi) is 3.97. The van der Waals surface area contributed by atoms with E-state index in [4.69, 9.17) is 4.42 Å². The fourth-order valence-corrected chi connectivity index (χ4v) is 2.94. The van der Waals surface area contributed by atoms with E-state index in [0.717, 1.165) is 34.4 Å². The predicted octanol–water partition coefficient (Wildman–Crippen LogP) is 5.51. The van der Waals surface area contributed by atoms with Crippen LogP contribution in [-0.2, 0) is 13.0 Å². The molecule has 0 spiro atoms. The highest BCUT2D eigenvalue weighted by Crippen LogP contribution is 2.29. The molecule has 0 saturated carbocycles. The van der Waals surface area contributed by atoms with Crippen molar-refractivity contribution in [3.63, 3.8) is 0 Å². The number of nitrogens with one attached hydrogen (secondary N) is 1. The van der Waals surface area contributed by atoms with E-state index in [0.29, 0.717) is 11.0 Å². The second kappa shape index (κ2) is 5.90. The van der Waals surface area contributed by atoms with Crippen molar-refractivity contribution in [3.05, 3.63) is 64.1 Å². The van der Waals surface area contributed by atoms with Crippen molar-refractivity contribution < 1.29 is 8.81 Å². The summed E-state index contributed by atoms with van der Waals surface area (Å²) in [6, 6.07) is 12.7. The maximum Gasteiger partial charge on any atom is 0.134 e. The Morgan fingerprint density at radius 2 is 2.00 bits per heavy atom. The zero-order valence-corrected chi connectivity index (χ0v) is 13.2. The van der Waals surface area contributed by atoms with Crippen LogP contribution in [0.25, 0.3) is 11.0 Å². The van der Waals surface area contributed by atoms with Crippen molar-refractivity contribution in [2.75, 3.05) is 5.32 Å². The highest BCUT2D eigenvalue weighted by Gasteiger charge is 2.12. The number of halogens is 2. The summed E-state index contributed by atoms with van der Waals surface area (Å²) in [5, 5.41) is 4.46. The largest absolute Gasteiger partial charge is 0.461 e. The van der Waals surface area contributed by atoms with Gasteiger partial charge in [0.2, 0.25) is 0 Å². The summed E-state index contributed by atoms with van der Waals surface area (Å²) in [7, 11) is 0. The van der Waals surface area contributed by atoms with Gasteiger partial charge in [-0.05, 0) is 40.2 Å². The first kappa shape index (κ1) is 14.1. The fourth-order valence-electron chi connectivity index (χ4n) is 2.45. The zero-order chi connectivity index (χ0) is 14.8. The smallest absolute Gasteiger partial charge is 0.134 e. The Morgan fingerprint density at radius 3 is 2.76 bits per heavy atom. The third-order valence-electron chi connectivity index (χ3n) is 3.49. The van der Waals surface area contributed by atoms with Crippen LogP contribution in [0.5, 0.6) is 0 Å². The van der Waals surface area contributed by atoms with E-state index in [1.54, 1.807) is 6.07 Å². The number of anilines is 1. The molecule has 0 aliphatic carbocycles. The van der Waals surface area contributed by atoms with Crippen LogP contribution in [0.1, 0.15) is 18.2 Å². The Labute approximate surface area is 131 Å². The molecule has 0 atom stereocenters. The maximum atomic E-state index is 13.1. The Hall–Kier alpha value is -1.81. The molecule has 21 heavy (non-hydrogen) atoms. The van der Waals surface area contributed by atoms with Crippen LogP contribution >= 0.6 is 15.9 Å². The van der Waals surface area contributed by atoms with Crippen molar-refractivity contribution in [2.24, 2.45) is 0 Å². The van der Waals surface area contributed by atoms with Gasteiger partial charge in [-0.3, -0.25) is 0 Å². The van der Waals surface area contributed by atoms with Crippen molar-refractivity contribution in [3.8, 4) is 0 Å². The second-order valence-electron chi connectivity index (χ2n) is 4.83. The van der Waals surface area contributed by atoms with Crippen LogP contribution in [-0.4, -0.2) is 0 Å². The lowest BCUT2D eigenvalue weighted by Crippen LogP contribution is -2.01. The van der Waals surface area contributed by atoms with Crippen LogP contribution in [0.2, 0.25) is 0 Å². The summed E-state index contributed by atoms with van der Waals surface area (Å²) in [6.45, 7) is 2.72. The Balaban J connectivity index is 1.91. The standard InChI is InChI=1S/C17H15BrFNO/c1-2-16-13(12-5-3-4-6-17(12)21-16)10-20-15-8-7-11(19)9-14(15)18/h3-9,20H,2,10H2,1H3. The molecule has 0 fully saturated rings. The summed E-state index contributed by atoms with van der Waals surface area (Å²) >= 11 is 3.37. The van der Waals surface area contributed by atoms with E-state index >= 15 is 0 Å². The summed E-state index contributed by atoms with van der Waals surface area (Å²) in [6.07, 6.45) is 0.844. The first-order chi connectivity index (χ1) is 10.2. The topological polar surface area (TPSA) is 25.2 Å². The van der Waals surface area contributed by atoms with Gasteiger partial charge in [-0.1, -0.05) is 25.1 Å². The molecule has 0 amide bonds. The minimum Gasteiger partial charge on any atom is -0.461 e. The molecular formula is C17H15BrFNO. The van der Waals surface area contributed by atoms with E-state index in [2.05, 4.69) is 34.2 Å². The number of para-hydroxylation sites is 1. The summed E-state index contributed by atoms with van der Waals surface area (Å²) in [5.74, 6) is 0.734. The summed E-state index contributed by atoms with van der Waals surface area (Å²) < 4.78 is 19.7. The SMILES string of the molecule is CCc1oc2ccccc2c1CNc1ccc(F)cc1Br. The first-order valence-corrected chi connectivity index (χ1v) is 7.66. The zero-order valence-electron chi connectivity index (χ0n) is 11.6. The van der Waals surface area contributed by atoms with Gasteiger partial charge in [0.1, 0.15) is 17.2 Å². The van der Waals surface area contributed by atoms with Crippen molar-refractivity contribution in [2.45, 2.75) is 19.9 Å². The van der Waals surface area contributed by atoms with Crippen molar-refractivity contribution >= 4 is 32.6 Å². The number of benzene rings is 2. The number of rotatable bonds is 4. The second-order valence-corrected chi connectivity index (χ2v) is 5.69. The Morgan fingerprint density at radius 1 is 1.19 bits per heavy atom. The van der Waals surface area contributed by atoms with Crippen LogP contribution in [0.3, 0.4) is 0 Å². The summed E-state index contributed by atoms with van der Waals surface area (Å²) in [5.41, 5.74) is 2.93. The van der Waals surface area contributed by atoms with Crippen LogP contribution in [0.4, 0.5) is 10.1 Å². The van der Waals surface area contributed by atoms with Gasteiger partial charge in [-0.15, -0.1) is 0 Å². The van der Waals surface area contributed by atoms with E-state index in [9.17, 15) is 4.39 Å². The van der Waals surface area contributed by atoms with Gasteiger partial charge in [0.15, 0.2) is 0 Å². The van der Waals surface area contributed by atoms with Crippen LogP contribution in [0, 0.1) is 5.82 Å². The molecule has 1 aromatic heterocycles. The molecule has 0 bridgehead atoms. The molecule has 3 rings (SSSR count). The number of furan rings is 1. The van der Waals surface area contributed by atoms with Gasteiger partial charge in [-0.2, -0.15) is 0 Å². The molecule has 4 heteroatoms. The lowest BCUT2D eigenvalue weighted by atomic mass is 10.1. The van der Waals surface area contributed by atoms with E-state index in [1.807, 2.05) is 18.2 Å². The van der Waals surface area contributed by atoms with Gasteiger partial charge in [0, 0.05) is 34.1 Å².